The van der Waals surface area contributed by atoms with Gasteiger partial charge in [-0.15, -0.1) is 0 Å². The molecule has 4 unspecified atom stereocenters. The summed E-state index contributed by atoms with van der Waals surface area (Å²) in [7, 11) is 1.27. The molecule has 6 atom stereocenters. The van der Waals surface area contributed by atoms with Gasteiger partial charge >= 0.3 is 6.18 Å². The van der Waals surface area contributed by atoms with Crippen LogP contribution in [0.1, 0.15) is 42.0 Å². The molecule has 0 aliphatic carbocycles. The van der Waals surface area contributed by atoms with E-state index in [4.69, 9.17) is 32.7 Å². The third-order valence-electron chi connectivity index (χ3n) is 7.18. The summed E-state index contributed by atoms with van der Waals surface area (Å²) in [6, 6.07) is 2.43. The van der Waals surface area contributed by atoms with Crippen LogP contribution in [0.2, 0.25) is 10.0 Å². The second-order valence-corrected chi connectivity index (χ2v) is 10.9. The summed E-state index contributed by atoms with van der Waals surface area (Å²) >= 11 is 11.7. The first-order valence-electron chi connectivity index (χ1n) is 13.0. The molecule has 4 aromatic rings. The zero-order chi connectivity index (χ0) is 33.0. The van der Waals surface area contributed by atoms with Gasteiger partial charge in [0.1, 0.15) is 42.4 Å². The lowest BCUT2D eigenvalue weighted by Crippen LogP contribution is -2.56. The number of aliphatic hydroxyl groups excluding tert-OH is 2. The maximum atomic E-state index is 14.9. The minimum Gasteiger partial charge on any atom is -0.391 e. The average Bonchev–Trinajstić information content (AvgIpc) is 3.61. The van der Waals surface area contributed by atoms with E-state index in [9.17, 15) is 37.4 Å². The summed E-state index contributed by atoms with van der Waals surface area (Å²) in [4.78, 5) is 7.66. The first kappa shape index (κ1) is 32.7. The highest BCUT2D eigenvalue weighted by Gasteiger charge is 2.51. The Balaban J connectivity index is 1.64. The van der Waals surface area contributed by atoms with Crippen LogP contribution in [0, 0.1) is 29.9 Å². The van der Waals surface area contributed by atoms with Crippen LogP contribution in [0.25, 0.3) is 16.8 Å². The van der Waals surface area contributed by atoms with Crippen LogP contribution >= 0.6 is 23.2 Å². The third kappa shape index (κ3) is 5.87. The second-order valence-electron chi connectivity index (χ2n) is 10.1. The number of hydrogen-bond acceptors (Lipinski definition) is 9. The number of pyridine rings is 1. The Morgan fingerprint density at radius 2 is 1.89 bits per heavy atom. The Bertz CT molecular complexity index is 1790. The molecular formula is C27H22Cl2F5N7O4. The van der Waals surface area contributed by atoms with Gasteiger partial charge in [0.2, 0.25) is 0 Å². The van der Waals surface area contributed by atoms with E-state index in [2.05, 4.69) is 20.2 Å². The lowest BCUT2D eigenvalue weighted by atomic mass is 9.89. The van der Waals surface area contributed by atoms with Gasteiger partial charge in [-0.3, -0.25) is 4.68 Å². The number of alkyl halides is 3. The summed E-state index contributed by atoms with van der Waals surface area (Å²) in [5.74, 6) is -3.09. The van der Waals surface area contributed by atoms with Gasteiger partial charge in [0, 0.05) is 30.6 Å². The molecule has 45 heavy (non-hydrogen) atoms. The number of halogens is 7. The van der Waals surface area contributed by atoms with Crippen molar-refractivity contribution in [3.63, 3.8) is 0 Å². The van der Waals surface area contributed by atoms with E-state index < -0.39 is 70.8 Å². The third-order valence-corrected chi connectivity index (χ3v) is 7.76. The van der Waals surface area contributed by atoms with E-state index >= 15 is 0 Å². The number of aliphatic hydroxyl groups is 2. The van der Waals surface area contributed by atoms with Crippen molar-refractivity contribution in [2.24, 2.45) is 0 Å². The molecule has 2 N–H and O–H groups in total. The molecule has 0 amide bonds. The molecule has 11 nitrogen and oxygen atoms in total. The molecule has 0 bridgehead atoms. The zero-order valence-corrected chi connectivity index (χ0v) is 24.8. The summed E-state index contributed by atoms with van der Waals surface area (Å²) in [5, 5.41) is 39.1. The van der Waals surface area contributed by atoms with Crippen LogP contribution in [-0.2, 0) is 15.7 Å². The highest BCUT2D eigenvalue weighted by molar-refractivity contribution is 6.32. The lowest BCUT2D eigenvalue weighted by Gasteiger charge is -2.45. The summed E-state index contributed by atoms with van der Waals surface area (Å²) in [6.07, 6.45) is -8.62. The Kier molecular flexibility index (Phi) is 8.88. The maximum Gasteiger partial charge on any atom is 0.435 e. The van der Waals surface area contributed by atoms with E-state index in [0.717, 1.165) is 33.9 Å². The molecule has 0 radical (unpaired) electrons. The van der Waals surface area contributed by atoms with Gasteiger partial charge in [-0.1, -0.05) is 23.2 Å². The average molecular weight is 674 g/mol. The van der Waals surface area contributed by atoms with E-state index in [-0.39, 0.29) is 33.4 Å². The first-order valence-corrected chi connectivity index (χ1v) is 13.8. The molecule has 1 saturated heterocycles. The van der Waals surface area contributed by atoms with Gasteiger partial charge in [-0.25, -0.2) is 23.4 Å². The zero-order valence-electron chi connectivity index (χ0n) is 23.3. The standard InChI is InChI=1S/C27H22Cl2F5N7O4/c1-10(42)22-23(44-3)20(40-9-13(7-37-40)15-4-12(6-35)17(29)19(31)18(15)30)21(43)24(45-22)26-38-11(2)39-41(26)16-5-14(28)8-36-25(16)27(32,33)34/h4-5,7-10,20-24,42-43H,1-3H3/t10?,20?,21?,22?,23-,24-/m1/s1. The molecule has 3 aromatic heterocycles. The van der Waals surface area contributed by atoms with Crippen molar-refractivity contribution in [2.75, 3.05) is 7.11 Å². The molecule has 5 rings (SSSR count). The number of nitrogens with zero attached hydrogens (tertiary/aromatic N) is 7. The SMILES string of the molecule is CO[C@H]1C(C(C)O)O[C@@H](c2nc(C)nn2-c2cc(Cl)cnc2C(F)(F)F)C(O)C1n1cc(-c2cc(C#N)c(Cl)c(F)c2F)cn1. The van der Waals surface area contributed by atoms with Crippen molar-refractivity contribution < 1.29 is 41.6 Å². The smallest absolute Gasteiger partial charge is 0.391 e. The largest absolute Gasteiger partial charge is 0.435 e. The molecule has 1 fully saturated rings. The predicted molar refractivity (Wildman–Crippen MR) is 146 cm³/mol. The first-order chi connectivity index (χ1) is 21.2. The van der Waals surface area contributed by atoms with Gasteiger partial charge in [-0.05, 0) is 26.0 Å². The fourth-order valence-electron chi connectivity index (χ4n) is 5.21. The number of methoxy groups -OCH3 is 1. The minimum atomic E-state index is -4.93. The summed E-state index contributed by atoms with van der Waals surface area (Å²) < 4.78 is 84.7. The lowest BCUT2D eigenvalue weighted by molar-refractivity contribution is -0.230. The highest BCUT2D eigenvalue weighted by Crippen LogP contribution is 2.42. The van der Waals surface area contributed by atoms with Crippen molar-refractivity contribution in [3.8, 4) is 22.9 Å². The monoisotopic (exact) mass is 673 g/mol. The van der Waals surface area contributed by atoms with Crippen molar-refractivity contribution in [3.05, 3.63) is 75.3 Å². The van der Waals surface area contributed by atoms with Crippen LogP contribution in [0.15, 0.2) is 30.7 Å². The molecule has 4 heterocycles. The number of aryl methyl sites for hydroxylation is 1. The number of ether oxygens (including phenoxy) is 2. The normalized spacial score (nSPS) is 22.8. The molecular weight excluding hydrogens is 652 g/mol. The molecule has 238 valence electrons. The maximum absolute atomic E-state index is 14.9. The molecule has 18 heteroatoms. The van der Waals surface area contributed by atoms with Gasteiger partial charge < -0.3 is 19.7 Å². The van der Waals surface area contributed by atoms with E-state index in [1.165, 1.54) is 27.2 Å². The van der Waals surface area contributed by atoms with Crippen LogP contribution < -0.4 is 0 Å². The predicted octanol–water partition coefficient (Wildman–Crippen LogP) is 4.75. The second kappa shape index (κ2) is 12.2. The van der Waals surface area contributed by atoms with Gasteiger partial charge in [0.15, 0.2) is 23.2 Å². The van der Waals surface area contributed by atoms with Gasteiger partial charge in [0.25, 0.3) is 0 Å². The van der Waals surface area contributed by atoms with Crippen molar-refractivity contribution in [2.45, 2.75) is 56.6 Å². The van der Waals surface area contributed by atoms with E-state index in [1.807, 2.05) is 0 Å². The number of hydrogen-bond donors (Lipinski definition) is 2. The van der Waals surface area contributed by atoms with Crippen LogP contribution in [0.5, 0.6) is 0 Å². The molecule has 1 aromatic carbocycles. The van der Waals surface area contributed by atoms with Crippen LogP contribution in [-0.4, -0.2) is 71.3 Å². The quantitative estimate of drug-likeness (QED) is 0.219. The molecule has 0 spiro atoms. The Hall–Kier alpha value is -3.72. The summed E-state index contributed by atoms with van der Waals surface area (Å²) in [5.41, 5.74) is -2.65. The molecule has 1 aliphatic rings. The van der Waals surface area contributed by atoms with Crippen molar-refractivity contribution in [1.82, 2.24) is 29.5 Å². The number of nitriles is 1. The Labute approximate surface area is 261 Å². The number of aromatic nitrogens is 6. The summed E-state index contributed by atoms with van der Waals surface area (Å²) in [6.45, 7) is 2.77. The molecule has 0 saturated carbocycles. The van der Waals surface area contributed by atoms with E-state index in [0.29, 0.717) is 0 Å². The fraction of sp³-hybridized carbons (Fsp3) is 0.370. The van der Waals surface area contributed by atoms with Crippen LogP contribution in [0.3, 0.4) is 0 Å². The van der Waals surface area contributed by atoms with E-state index in [1.54, 1.807) is 6.07 Å². The van der Waals surface area contributed by atoms with Gasteiger partial charge in [-0.2, -0.15) is 28.6 Å². The highest BCUT2D eigenvalue weighted by atomic mass is 35.5. The topological polar surface area (TPSA) is 144 Å². The number of rotatable bonds is 6. The Morgan fingerprint density at radius 3 is 2.51 bits per heavy atom. The minimum absolute atomic E-state index is 0.00262. The van der Waals surface area contributed by atoms with Gasteiger partial charge in [0.05, 0.1) is 33.6 Å². The fourth-order valence-corrected chi connectivity index (χ4v) is 5.55. The Morgan fingerprint density at radius 1 is 1.18 bits per heavy atom. The van der Waals surface area contributed by atoms with Crippen molar-refractivity contribution >= 4 is 23.2 Å². The van der Waals surface area contributed by atoms with Crippen LogP contribution in [0.4, 0.5) is 22.0 Å². The number of benzene rings is 1. The molecule has 1 aliphatic heterocycles. The van der Waals surface area contributed by atoms with Crippen molar-refractivity contribution in [1.29, 1.82) is 5.26 Å².